The van der Waals surface area contributed by atoms with Crippen LogP contribution in [0.1, 0.15) is 57.6 Å². The van der Waals surface area contributed by atoms with Gasteiger partial charge in [0, 0.05) is 26.2 Å². The van der Waals surface area contributed by atoms with E-state index >= 15 is 0 Å². The van der Waals surface area contributed by atoms with E-state index < -0.39 is 0 Å². The van der Waals surface area contributed by atoms with Gasteiger partial charge in [0.25, 0.3) is 0 Å². The van der Waals surface area contributed by atoms with Crippen molar-refractivity contribution in [1.82, 2.24) is 4.90 Å². The molecule has 20 heavy (non-hydrogen) atoms. The smallest absolute Gasteiger partial charge is 0.0951 e. The molecular weight excluding hydrogens is 246 g/mol. The highest BCUT2D eigenvalue weighted by atomic mass is 16.5. The summed E-state index contributed by atoms with van der Waals surface area (Å²) in [6, 6.07) is 9.69. The lowest BCUT2D eigenvalue weighted by Gasteiger charge is -2.42. The second-order valence-corrected chi connectivity index (χ2v) is 6.60. The molecule has 112 valence electrons. The molecule has 0 spiro atoms. The first kappa shape index (κ1) is 15.5. The minimum atomic E-state index is -0.0824. The summed E-state index contributed by atoms with van der Waals surface area (Å²) in [5.41, 5.74) is 2.66. The number of piperidine rings is 1. The van der Waals surface area contributed by atoms with Gasteiger partial charge in [0.2, 0.25) is 0 Å². The SMILES string of the molecule is COC1(c2ccc(C(C)C)cc2)CCN(C(C)C)CC1. The topological polar surface area (TPSA) is 12.5 Å². The van der Waals surface area contributed by atoms with Crippen molar-refractivity contribution in [2.24, 2.45) is 0 Å². The van der Waals surface area contributed by atoms with E-state index in [-0.39, 0.29) is 5.60 Å². The lowest BCUT2D eigenvalue weighted by Crippen LogP contribution is -2.46. The molecule has 1 aliphatic heterocycles. The minimum absolute atomic E-state index is 0.0824. The molecule has 0 saturated carbocycles. The maximum Gasteiger partial charge on any atom is 0.0951 e. The van der Waals surface area contributed by atoms with Crippen LogP contribution in [0.2, 0.25) is 0 Å². The normalized spacial score (nSPS) is 19.8. The molecule has 0 N–H and O–H groups in total. The molecule has 1 heterocycles. The molecule has 1 saturated heterocycles. The highest BCUT2D eigenvalue weighted by molar-refractivity contribution is 5.29. The van der Waals surface area contributed by atoms with Gasteiger partial charge in [-0.1, -0.05) is 38.1 Å². The first-order valence-corrected chi connectivity index (χ1v) is 7.88. The molecule has 0 amide bonds. The van der Waals surface area contributed by atoms with E-state index in [1.54, 1.807) is 0 Å². The van der Waals surface area contributed by atoms with Crippen LogP contribution in [-0.4, -0.2) is 31.1 Å². The Kier molecular flexibility index (Phi) is 4.87. The number of rotatable bonds is 4. The minimum Gasteiger partial charge on any atom is -0.373 e. The Morgan fingerprint density at radius 3 is 1.95 bits per heavy atom. The highest BCUT2D eigenvalue weighted by Crippen LogP contribution is 2.37. The fraction of sp³-hybridized carbons (Fsp3) is 0.667. The lowest BCUT2D eigenvalue weighted by molar-refractivity contribution is -0.0669. The third-order valence-corrected chi connectivity index (χ3v) is 4.83. The van der Waals surface area contributed by atoms with Gasteiger partial charge in [-0.05, 0) is 43.7 Å². The summed E-state index contributed by atoms with van der Waals surface area (Å²) in [7, 11) is 1.86. The number of hydrogen-bond donors (Lipinski definition) is 0. The molecular formula is C18H29NO. The van der Waals surface area contributed by atoms with Crippen molar-refractivity contribution in [2.45, 2.75) is 58.1 Å². The maximum absolute atomic E-state index is 5.97. The van der Waals surface area contributed by atoms with Crippen LogP contribution in [0.4, 0.5) is 0 Å². The first-order valence-electron chi connectivity index (χ1n) is 7.88. The Morgan fingerprint density at radius 2 is 1.55 bits per heavy atom. The van der Waals surface area contributed by atoms with E-state index in [9.17, 15) is 0 Å². The third-order valence-electron chi connectivity index (χ3n) is 4.83. The van der Waals surface area contributed by atoms with E-state index in [1.165, 1.54) is 11.1 Å². The zero-order valence-corrected chi connectivity index (χ0v) is 13.6. The molecule has 0 unspecified atom stereocenters. The van der Waals surface area contributed by atoms with Crippen LogP contribution >= 0.6 is 0 Å². The zero-order valence-electron chi connectivity index (χ0n) is 13.6. The molecule has 1 fully saturated rings. The molecule has 1 aromatic rings. The summed E-state index contributed by atoms with van der Waals surface area (Å²) in [4.78, 5) is 2.54. The van der Waals surface area contributed by atoms with Crippen molar-refractivity contribution in [3.05, 3.63) is 35.4 Å². The van der Waals surface area contributed by atoms with E-state index in [0.29, 0.717) is 12.0 Å². The van der Waals surface area contributed by atoms with Crippen molar-refractivity contribution in [3.63, 3.8) is 0 Å². The molecule has 2 heteroatoms. The van der Waals surface area contributed by atoms with Gasteiger partial charge in [0.05, 0.1) is 5.60 Å². The molecule has 2 rings (SSSR count). The van der Waals surface area contributed by atoms with Crippen LogP contribution < -0.4 is 0 Å². The number of hydrogen-bond acceptors (Lipinski definition) is 2. The van der Waals surface area contributed by atoms with Crippen LogP contribution in [0.15, 0.2) is 24.3 Å². The molecule has 0 aliphatic carbocycles. The van der Waals surface area contributed by atoms with Crippen molar-refractivity contribution in [2.75, 3.05) is 20.2 Å². The fourth-order valence-corrected chi connectivity index (χ4v) is 3.18. The van der Waals surface area contributed by atoms with Gasteiger partial charge in [0.1, 0.15) is 0 Å². The lowest BCUT2D eigenvalue weighted by atomic mass is 9.83. The summed E-state index contributed by atoms with van der Waals surface area (Å²) in [6.45, 7) is 11.3. The average Bonchev–Trinajstić information content (AvgIpc) is 2.47. The predicted molar refractivity (Wildman–Crippen MR) is 85.2 cm³/mol. The first-order chi connectivity index (χ1) is 9.48. The van der Waals surface area contributed by atoms with Crippen LogP contribution in [-0.2, 0) is 10.3 Å². The van der Waals surface area contributed by atoms with Gasteiger partial charge in [0.15, 0.2) is 0 Å². The van der Waals surface area contributed by atoms with Crippen LogP contribution in [0.25, 0.3) is 0 Å². The molecule has 0 radical (unpaired) electrons. The third kappa shape index (κ3) is 3.07. The summed E-state index contributed by atoms with van der Waals surface area (Å²) < 4.78 is 5.97. The standard InChI is InChI=1S/C18H29NO/c1-14(2)16-6-8-17(9-7-16)18(20-5)10-12-19(13-11-18)15(3)4/h6-9,14-15H,10-13H2,1-5H3. The Balaban J connectivity index is 2.16. The number of methoxy groups -OCH3 is 1. The number of nitrogens with zero attached hydrogens (tertiary/aromatic N) is 1. The number of likely N-dealkylation sites (tertiary alicyclic amines) is 1. The Morgan fingerprint density at radius 1 is 1.00 bits per heavy atom. The van der Waals surface area contributed by atoms with Crippen molar-refractivity contribution < 1.29 is 4.74 Å². The molecule has 1 aromatic carbocycles. The average molecular weight is 275 g/mol. The Hall–Kier alpha value is -0.860. The van der Waals surface area contributed by atoms with Gasteiger partial charge >= 0.3 is 0 Å². The second kappa shape index (κ2) is 6.28. The summed E-state index contributed by atoms with van der Waals surface area (Å²) >= 11 is 0. The number of benzene rings is 1. The molecule has 2 nitrogen and oxygen atoms in total. The van der Waals surface area contributed by atoms with Crippen molar-refractivity contribution in [1.29, 1.82) is 0 Å². The molecule has 0 atom stereocenters. The summed E-state index contributed by atoms with van der Waals surface area (Å²) in [5.74, 6) is 0.588. The van der Waals surface area contributed by atoms with E-state index in [4.69, 9.17) is 4.74 Å². The highest BCUT2D eigenvalue weighted by Gasteiger charge is 2.36. The van der Waals surface area contributed by atoms with Gasteiger partial charge < -0.3 is 9.64 Å². The Labute approximate surface area is 124 Å². The Bertz CT molecular complexity index is 414. The van der Waals surface area contributed by atoms with E-state index in [1.807, 2.05) is 7.11 Å². The summed E-state index contributed by atoms with van der Waals surface area (Å²) in [6.07, 6.45) is 2.17. The van der Waals surface area contributed by atoms with Gasteiger partial charge in [-0.2, -0.15) is 0 Å². The zero-order chi connectivity index (χ0) is 14.8. The quantitative estimate of drug-likeness (QED) is 0.818. The molecule has 0 bridgehead atoms. The predicted octanol–water partition coefficient (Wildman–Crippen LogP) is 4.16. The van der Waals surface area contributed by atoms with Crippen LogP contribution in [0.5, 0.6) is 0 Å². The monoisotopic (exact) mass is 275 g/mol. The van der Waals surface area contributed by atoms with E-state index in [2.05, 4.69) is 56.9 Å². The van der Waals surface area contributed by atoms with Crippen molar-refractivity contribution in [3.8, 4) is 0 Å². The van der Waals surface area contributed by atoms with E-state index in [0.717, 1.165) is 25.9 Å². The van der Waals surface area contributed by atoms with Crippen molar-refractivity contribution >= 4 is 0 Å². The van der Waals surface area contributed by atoms with Gasteiger partial charge in [-0.3, -0.25) is 0 Å². The molecule has 1 aliphatic rings. The largest absolute Gasteiger partial charge is 0.373 e. The van der Waals surface area contributed by atoms with Crippen LogP contribution in [0.3, 0.4) is 0 Å². The summed E-state index contributed by atoms with van der Waals surface area (Å²) in [5, 5.41) is 0. The van der Waals surface area contributed by atoms with Gasteiger partial charge in [-0.25, -0.2) is 0 Å². The molecule has 0 aromatic heterocycles. The van der Waals surface area contributed by atoms with Crippen LogP contribution in [0, 0.1) is 0 Å². The number of ether oxygens (including phenoxy) is 1. The van der Waals surface area contributed by atoms with Gasteiger partial charge in [-0.15, -0.1) is 0 Å². The second-order valence-electron chi connectivity index (χ2n) is 6.60. The maximum atomic E-state index is 5.97. The fourth-order valence-electron chi connectivity index (χ4n) is 3.18.